The van der Waals surface area contributed by atoms with Gasteiger partial charge in [-0.3, -0.25) is 4.99 Å². The monoisotopic (exact) mass is 290 g/mol. The molecule has 0 bridgehead atoms. The summed E-state index contributed by atoms with van der Waals surface area (Å²) in [5, 5.41) is 4.57. The molecule has 4 heteroatoms. The van der Waals surface area contributed by atoms with E-state index in [1.54, 1.807) is 7.11 Å². The molecule has 1 N–H and O–H groups in total. The van der Waals surface area contributed by atoms with Crippen molar-refractivity contribution in [2.45, 2.75) is 44.6 Å². The van der Waals surface area contributed by atoms with Crippen molar-refractivity contribution in [2.75, 3.05) is 18.2 Å². The third-order valence-corrected chi connectivity index (χ3v) is 5.42. The van der Waals surface area contributed by atoms with Gasteiger partial charge < -0.3 is 10.1 Å². The first-order valence-corrected chi connectivity index (χ1v) is 8.34. The Kier molecular flexibility index (Phi) is 3.92. The number of aryl methyl sites for hydroxylation is 1. The Morgan fingerprint density at radius 3 is 2.75 bits per heavy atom. The summed E-state index contributed by atoms with van der Waals surface area (Å²) in [6.45, 7) is 2.10. The minimum absolute atomic E-state index is 0.228. The number of thioether (sulfide) groups is 1. The molecule has 1 spiro atoms. The van der Waals surface area contributed by atoms with Crippen molar-refractivity contribution >= 4 is 22.6 Å². The summed E-state index contributed by atoms with van der Waals surface area (Å²) in [6, 6.07) is 6.12. The third kappa shape index (κ3) is 2.80. The van der Waals surface area contributed by atoms with E-state index in [0.717, 1.165) is 22.4 Å². The molecule has 1 aliphatic carbocycles. The maximum atomic E-state index is 5.25. The summed E-state index contributed by atoms with van der Waals surface area (Å²) in [4.78, 5) is 5.00. The first-order chi connectivity index (χ1) is 9.71. The summed E-state index contributed by atoms with van der Waals surface area (Å²) in [5.41, 5.74) is 2.55. The number of aliphatic imine (C=N–C) groups is 1. The lowest BCUT2D eigenvalue weighted by Gasteiger charge is -2.29. The zero-order chi connectivity index (χ0) is 14.0. The van der Waals surface area contributed by atoms with E-state index < -0.39 is 0 Å². The second-order valence-electron chi connectivity index (χ2n) is 5.80. The number of hydrogen-bond acceptors (Lipinski definition) is 4. The van der Waals surface area contributed by atoms with Crippen LogP contribution in [0.15, 0.2) is 23.2 Å². The van der Waals surface area contributed by atoms with Crippen molar-refractivity contribution in [3.8, 4) is 5.75 Å². The fraction of sp³-hybridized carbons (Fsp3) is 0.562. The van der Waals surface area contributed by atoms with Crippen molar-refractivity contribution in [2.24, 2.45) is 4.99 Å². The fourth-order valence-electron chi connectivity index (χ4n) is 3.03. The van der Waals surface area contributed by atoms with Crippen LogP contribution in [0.3, 0.4) is 0 Å². The molecule has 0 amide bonds. The summed E-state index contributed by atoms with van der Waals surface area (Å²) in [7, 11) is 1.70. The summed E-state index contributed by atoms with van der Waals surface area (Å²) in [5.74, 6) is 2.04. The standard InChI is InChI=1S/C16H22N2OS/c1-12-10-13(19-2)6-7-14(12)17-15-18-16(11-20-15)8-4-3-5-9-16/h6-7,10H,3-5,8-9,11H2,1-2H3,(H,17,18). The first kappa shape index (κ1) is 13.8. The molecule has 1 fully saturated rings. The van der Waals surface area contributed by atoms with Crippen LogP contribution >= 0.6 is 11.8 Å². The highest BCUT2D eigenvalue weighted by Gasteiger charge is 2.36. The number of benzene rings is 1. The van der Waals surface area contributed by atoms with Crippen LogP contribution < -0.4 is 10.1 Å². The zero-order valence-electron chi connectivity index (χ0n) is 12.2. The summed E-state index contributed by atoms with van der Waals surface area (Å²) < 4.78 is 5.25. The topological polar surface area (TPSA) is 33.6 Å². The van der Waals surface area contributed by atoms with Gasteiger partial charge in [0.15, 0.2) is 5.17 Å². The van der Waals surface area contributed by atoms with Crippen LogP contribution in [-0.4, -0.2) is 23.6 Å². The second-order valence-corrected chi connectivity index (χ2v) is 6.76. The van der Waals surface area contributed by atoms with Gasteiger partial charge in [-0.05, 0) is 43.5 Å². The fourth-order valence-corrected chi connectivity index (χ4v) is 4.23. The number of ether oxygens (including phenoxy) is 1. The average Bonchev–Trinajstić information content (AvgIpc) is 2.84. The Labute approximate surface area is 125 Å². The van der Waals surface area contributed by atoms with Crippen molar-refractivity contribution in [1.82, 2.24) is 0 Å². The van der Waals surface area contributed by atoms with Crippen molar-refractivity contribution in [3.05, 3.63) is 23.8 Å². The predicted octanol–water partition coefficient (Wildman–Crippen LogP) is 4.22. The molecule has 20 heavy (non-hydrogen) atoms. The SMILES string of the molecule is COc1ccc(NC2=NC3(CCCCC3)CS2)c(C)c1. The van der Waals surface area contributed by atoms with Crippen LogP contribution in [0.2, 0.25) is 0 Å². The molecule has 3 nitrogen and oxygen atoms in total. The third-order valence-electron chi connectivity index (χ3n) is 4.28. The van der Waals surface area contributed by atoms with E-state index in [1.165, 1.54) is 37.7 Å². The molecule has 1 aromatic rings. The molecule has 1 aliphatic heterocycles. The molecule has 0 radical (unpaired) electrons. The number of hydrogen-bond donors (Lipinski definition) is 1. The Hall–Kier alpha value is -1.16. The van der Waals surface area contributed by atoms with Crippen LogP contribution in [-0.2, 0) is 0 Å². The average molecular weight is 290 g/mol. The maximum Gasteiger partial charge on any atom is 0.161 e. The van der Waals surface area contributed by atoms with Crippen molar-refractivity contribution in [1.29, 1.82) is 0 Å². The van der Waals surface area contributed by atoms with Gasteiger partial charge in [-0.25, -0.2) is 0 Å². The van der Waals surface area contributed by atoms with Crippen LogP contribution in [0.1, 0.15) is 37.7 Å². The van der Waals surface area contributed by atoms with Gasteiger partial charge in [0.25, 0.3) is 0 Å². The summed E-state index contributed by atoms with van der Waals surface area (Å²) in [6.07, 6.45) is 6.56. The quantitative estimate of drug-likeness (QED) is 0.885. The Morgan fingerprint density at radius 2 is 2.05 bits per heavy atom. The molecule has 0 saturated heterocycles. The van der Waals surface area contributed by atoms with E-state index in [9.17, 15) is 0 Å². The lowest BCUT2D eigenvalue weighted by molar-refractivity contribution is 0.335. The predicted molar refractivity (Wildman–Crippen MR) is 87.1 cm³/mol. The van der Waals surface area contributed by atoms with Crippen LogP contribution in [0.25, 0.3) is 0 Å². The molecule has 1 heterocycles. The zero-order valence-corrected chi connectivity index (χ0v) is 13.1. The number of amidine groups is 1. The van der Waals surface area contributed by atoms with Gasteiger partial charge in [0, 0.05) is 11.4 Å². The van der Waals surface area contributed by atoms with Gasteiger partial charge in [-0.15, -0.1) is 0 Å². The molecule has 2 aliphatic rings. The highest BCUT2D eigenvalue weighted by molar-refractivity contribution is 8.14. The van der Waals surface area contributed by atoms with Crippen LogP contribution in [0, 0.1) is 6.92 Å². The smallest absolute Gasteiger partial charge is 0.161 e. The van der Waals surface area contributed by atoms with Gasteiger partial charge >= 0.3 is 0 Å². The lowest BCUT2D eigenvalue weighted by Crippen LogP contribution is -2.29. The largest absolute Gasteiger partial charge is 0.497 e. The van der Waals surface area contributed by atoms with Gasteiger partial charge in [0.2, 0.25) is 0 Å². The first-order valence-electron chi connectivity index (χ1n) is 7.35. The highest BCUT2D eigenvalue weighted by Crippen LogP contribution is 2.40. The van der Waals surface area contributed by atoms with Crippen LogP contribution in [0.4, 0.5) is 5.69 Å². The Bertz CT molecular complexity index is 521. The molecule has 3 rings (SSSR count). The number of anilines is 1. The number of nitrogens with one attached hydrogen (secondary N) is 1. The van der Waals surface area contributed by atoms with E-state index in [0.29, 0.717) is 0 Å². The molecule has 1 aromatic carbocycles. The molecule has 0 aromatic heterocycles. The molecule has 108 valence electrons. The van der Waals surface area contributed by atoms with Crippen molar-refractivity contribution in [3.63, 3.8) is 0 Å². The lowest BCUT2D eigenvalue weighted by atomic mass is 9.84. The normalized spacial score (nSPS) is 20.8. The van der Waals surface area contributed by atoms with Crippen molar-refractivity contribution < 1.29 is 4.74 Å². The molecule has 0 unspecified atom stereocenters. The Morgan fingerprint density at radius 1 is 1.25 bits per heavy atom. The highest BCUT2D eigenvalue weighted by atomic mass is 32.2. The number of nitrogens with zero attached hydrogens (tertiary/aromatic N) is 1. The van der Waals surface area contributed by atoms with Gasteiger partial charge in [-0.2, -0.15) is 0 Å². The van der Waals surface area contributed by atoms with Gasteiger partial charge in [0.05, 0.1) is 12.6 Å². The van der Waals surface area contributed by atoms with E-state index in [1.807, 2.05) is 17.8 Å². The molecule has 1 saturated carbocycles. The van der Waals surface area contributed by atoms with E-state index >= 15 is 0 Å². The maximum absolute atomic E-state index is 5.25. The number of methoxy groups -OCH3 is 1. The molecule has 0 atom stereocenters. The minimum atomic E-state index is 0.228. The molecular weight excluding hydrogens is 268 g/mol. The Balaban J connectivity index is 1.73. The van der Waals surface area contributed by atoms with Crippen LogP contribution in [0.5, 0.6) is 5.75 Å². The minimum Gasteiger partial charge on any atom is -0.497 e. The second kappa shape index (κ2) is 5.68. The van der Waals surface area contributed by atoms with E-state index in [4.69, 9.17) is 9.73 Å². The van der Waals surface area contributed by atoms with Gasteiger partial charge in [-0.1, -0.05) is 31.0 Å². The molecular formula is C16H22N2OS. The van der Waals surface area contributed by atoms with E-state index in [-0.39, 0.29) is 5.54 Å². The van der Waals surface area contributed by atoms with E-state index in [2.05, 4.69) is 24.4 Å². The number of rotatable bonds is 2. The summed E-state index contributed by atoms with van der Waals surface area (Å²) >= 11 is 1.87. The van der Waals surface area contributed by atoms with Gasteiger partial charge in [0.1, 0.15) is 5.75 Å².